The number of nitrogens with zero attached hydrogens (tertiary/aromatic N) is 4. The predicted molar refractivity (Wildman–Crippen MR) is 170 cm³/mol. The summed E-state index contributed by atoms with van der Waals surface area (Å²) in [4.78, 5) is 28.3. The molecule has 12 nitrogen and oxygen atoms in total. The first kappa shape index (κ1) is 34.4. The number of rotatable bonds is 14. The van der Waals surface area contributed by atoms with Gasteiger partial charge < -0.3 is 33.8 Å². The highest BCUT2D eigenvalue weighted by Crippen LogP contribution is 2.45. The Kier molecular flexibility index (Phi) is 10.2. The minimum atomic E-state index is -5.62. The Morgan fingerprint density at radius 3 is 2.37 bits per heavy atom. The first-order chi connectivity index (χ1) is 21.8. The molecule has 3 N–H and O–H groups in total. The van der Waals surface area contributed by atoms with Gasteiger partial charge in [-0.2, -0.15) is 9.98 Å². The van der Waals surface area contributed by atoms with Gasteiger partial charge in [-0.25, -0.2) is 12.8 Å². The van der Waals surface area contributed by atoms with E-state index >= 15 is 0 Å². The van der Waals surface area contributed by atoms with Crippen LogP contribution in [0.1, 0.15) is 35.3 Å². The van der Waals surface area contributed by atoms with Crippen LogP contribution in [0, 0.1) is 24.1 Å². The molecule has 1 unspecified atom stereocenters. The molecule has 4 heterocycles. The summed E-state index contributed by atoms with van der Waals surface area (Å²) in [6.45, 7) is 12.2. The summed E-state index contributed by atoms with van der Waals surface area (Å²) in [5.74, 6) is -2.74. The Balaban J connectivity index is 1.21. The van der Waals surface area contributed by atoms with Crippen LogP contribution in [0.3, 0.4) is 0 Å². The number of benzene rings is 2. The van der Waals surface area contributed by atoms with E-state index in [1.54, 1.807) is 31.2 Å². The zero-order chi connectivity index (χ0) is 33.2. The van der Waals surface area contributed by atoms with Crippen molar-refractivity contribution < 1.29 is 40.9 Å². The molecule has 6 rings (SSSR count). The maximum Gasteiger partial charge on any atom is 0.251 e. The van der Waals surface area contributed by atoms with E-state index in [1.807, 2.05) is 4.72 Å². The van der Waals surface area contributed by atoms with Crippen molar-refractivity contribution >= 4 is 45.4 Å². The van der Waals surface area contributed by atoms with E-state index in [0.717, 1.165) is 60.4 Å². The molecule has 3 aliphatic heterocycles. The van der Waals surface area contributed by atoms with Crippen molar-refractivity contribution in [2.45, 2.75) is 29.8 Å². The number of halogens is 1. The Bertz CT molecular complexity index is 1800. The van der Waals surface area contributed by atoms with Gasteiger partial charge in [-0.3, -0.25) is 4.99 Å². The summed E-state index contributed by atoms with van der Waals surface area (Å²) >= 11 is 0.924. The van der Waals surface area contributed by atoms with Crippen LogP contribution >= 0.6 is 18.9 Å². The molecule has 16 heteroatoms. The average Bonchev–Trinajstić information content (AvgIpc) is 3.37. The van der Waals surface area contributed by atoms with E-state index in [1.165, 1.54) is 50.1 Å². The smallest absolute Gasteiger partial charge is 0.251 e. The van der Waals surface area contributed by atoms with Crippen LogP contribution in [0.15, 0.2) is 45.6 Å². The van der Waals surface area contributed by atoms with Gasteiger partial charge in [0.1, 0.15) is 61.1 Å². The predicted octanol–water partition coefficient (Wildman–Crippen LogP) is 1.92. The first-order valence-electron chi connectivity index (χ1n) is 15.1. The molecule has 2 bridgehead atoms. The number of nitrogens with one attached hydrogen (secondary N) is 1. The number of sulfonamides is 1. The number of fused-ring (bicyclic) bond motifs is 4. The normalized spacial score (nSPS) is 22.3. The number of quaternary nitrogens is 2. The van der Waals surface area contributed by atoms with E-state index in [-0.39, 0.29) is 9.77 Å². The monoisotopic (exact) mass is 692 g/mol. The van der Waals surface area contributed by atoms with E-state index in [9.17, 15) is 27.2 Å². The molecule has 46 heavy (non-hydrogen) atoms. The number of hydrogen-bond acceptors (Lipinski definition) is 9. The average molecular weight is 693 g/mol. The maximum atomic E-state index is 14.2. The Hall–Kier alpha value is -2.93. The van der Waals surface area contributed by atoms with Gasteiger partial charge in [0.25, 0.3) is 10.0 Å². The van der Waals surface area contributed by atoms with Gasteiger partial charge in [0.05, 0.1) is 37.4 Å². The minimum absolute atomic E-state index is 0.167. The molecule has 2 aromatic carbocycles. The number of ether oxygens (including phenoxy) is 1. The highest BCUT2D eigenvalue weighted by molar-refractivity contribution is 7.92. The van der Waals surface area contributed by atoms with E-state index in [0.29, 0.717) is 34.1 Å². The number of aliphatic imine (C=N–C) groups is 1. The van der Waals surface area contributed by atoms with Gasteiger partial charge in [0, 0.05) is 29.5 Å². The lowest BCUT2D eigenvalue weighted by atomic mass is 10.1. The van der Waals surface area contributed by atoms with Crippen molar-refractivity contribution in [3.8, 4) is 11.8 Å². The van der Waals surface area contributed by atoms with E-state index in [2.05, 4.69) is 4.99 Å². The third kappa shape index (κ3) is 7.45. The largest absolute Gasteiger partial charge is 0.809 e. The lowest BCUT2D eigenvalue weighted by molar-refractivity contribution is -1.08. The van der Waals surface area contributed by atoms with Gasteiger partial charge in [0.15, 0.2) is 0 Å². The van der Waals surface area contributed by atoms with Crippen LogP contribution in [0.2, 0.25) is 0 Å². The lowest BCUT2D eigenvalue weighted by Crippen LogP contribution is -2.75. The molecular formula is C30H38FN6O6PS2. The highest BCUT2D eigenvalue weighted by Gasteiger charge is 2.48. The molecule has 0 spiro atoms. The third-order valence-corrected chi connectivity index (χ3v) is 13.9. The van der Waals surface area contributed by atoms with Crippen LogP contribution in [0.5, 0.6) is 5.75 Å². The van der Waals surface area contributed by atoms with Crippen LogP contribution in [-0.4, -0.2) is 89.2 Å². The summed E-state index contributed by atoms with van der Waals surface area (Å²) in [5, 5.41) is 9.57. The molecule has 0 amide bonds. The van der Waals surface area contributed by atoms with Gasteiger partial charge in [-0.05, 0) is 56.0 Å². The topological polar surface area (TPSA) is 181 Å². The minimum Gasteiger partial charge on any atom is -0.809 e. The van der Waals surface area contributed by atoms with Crippen LogP contribution < -0.4 is 25.0 Å². The number of nitrogens with two attached hydrogens (primary N) is 1. The standard InChI is InChI=1S/C30H38FN6O6PS2/c1-22-26-19-25(43-17-3-10-37-14-11-36(12-15-37,13-16-37)9-2-8-34-21-33)6-7-28(26)45-30(22)46(41,42)35-29(44(38,39)40)23-4-5-24(20-32)27(31)18-23/h4-7,18-19,21,29,35H,2-3,8-17H2,1H3,(H2-2,33,34,38,39,40). The van der Waals surface area contributed by atoms with Crippen molar-refractivity contribution in [2.24, 2.45) is 10.7 Å². The Morgan fingerprint density at radius 1 is 1.13 bits per heavy atom. The van der Waals surface area contributed by atoms with Gasteiger partial charge >= 0.3 is 0 Å². The van der Waals surface area contributed by atoms with E-state index < -0.39 is 34.8 Å². The quantitative estimate of drug-likeness (QED) is 0.0845. The van der Waals surface area contributed by atoms with Crippen molar-refractivity contribution in [3.05, 3.63) is 58.9 Å². The fourth-order valence-electron chi connectivity index (χ4n) is 6.61. The number of aryl methyl sites for hydroxylation is 1. The summed E-state index contributed by atoms with van der Waals surface area (Å²) in [6, 6.07) is 9.56. The van der Waals surface area contributed by atoms with Crippen molar-refractivity contribution in [1.29, 1.82) is 5.26 Å². The molecule has 1 atom stereocenters. The molecule has 0 saturated carbocycles. The molecule has 1 aromatic heterocycles. The molecular weight excluding hydrogens is 654 g/mol. The zero-order valence-corrected chi connectivity index (χ0v) is 28.1. The molecule has 3 aliphatic rings. The summed E-state index contributed by atoms with van der Waals surface area (Å²) in [6.07, 6.45) is 3.32. The second-order valence-corrected chi connectivity index (χ2v) is 16.7. The number of thiophene rings is 1. The van der Waals surface area contributed by atoms with Gasteiger partial charge in [-0.1, -0.05) is 6.07 Å². The lowest BCUT2D eigenvalue weighted by Gasteiger charge is -2.55. The highest BCUT2D eigenvalue weighted by atomic mass is 32.2. The number of piperazine rings is 3. The molecule has 248 valence electrons. The second-order valence-electron chi connectivity index (χ2n) is 12.2. The Morgan fingerprint density at radius 2 is 1.78 bits per heavy atom. The second kappa shape index (κ2) is 13.7. The molecule has 3 saturated heterocycles. The van der Waals surface area contributed by atoms with Gasteiger partial charge in [0.2, 0.25) is 0 Å². The fraction of sp³-hybridized carbons (Fsp3) is 0.467. The maximum absolute atomic E-state index is 14.2. The summed E-state index contributed by atoms with van der Waals surface area (Å²) in [7, 11) is -10.1. The first-order valence-corrected chi connectivity index (χ1v) is 19.0. The van der Waals surface area contributed by atoms with Crippen LogP contribution in [-0.2, 0) is 14.6 Å². The van der Waals surface area contributed by atoms with Crippen LogP contribution in [0.25, 0.3) is 10.1 Å². The van der Waals surface area contributed by atoms with Gasteiger partial charge in [-0.15, -0.1) is 11.3 Å². The zero-order valence-electron chi connectivity index (χ0n) is 25.6. The number of nitriles is 1. The molecule has 3 aromatic rings. The molecule has 0 aliphatic carbocycles. The number of hydrogen-bond donors (Lipinski definition) is 2. The molecule has 0 radical (unpaired) electrons. The Labute approximate surface area is 272 Å². The third-order valence-electron chi connectivity index (χ3n) is 9.34. The van der Waals surface area contributed by atoms with E-state index in [4.69, 9.17) is 15.7 Å². The molecule has 3 fully saturated rings. The summed E-state index contributed by atoms with van der Waals surface area (Å²) < 4.78 is 63.8. The van der Waals surface area contributed by atoms with Crippen LogP contribution in [0.4, 0.5) is 4.39 Å². The van der Waals surface area contributed by atoms with Crippen molar-refractivity contribution in [2.75, 3.05) is 65.5 Å². The SMILES string of the molecule is Cc1c(S(=O)(=O)NC(c2ccc(C#N)c(F)c2)P(=O)([O-])[O-])sc2ccc(OCCC[N+]34CC[N+](CCCN=CN)(CC3)CC4)cc12. The van der Waals surface area contributed by atoms with Crippen molar-refractivity contribution in [3.63, 3.8) is 0 Å². The fourth-order valence-corrected chi connectivity index (χ4v) is 10.9. The van der Waals surface area contributed by atoms with Crippen molar-refractivity contribution in [1.82, 2.24) is 4.72 Å². The summed E-state index contributed by atoms with van der Waals surface area (Å²) in [5.41, 5.74) is 4.93.